The molecule has 1 amide bonds. The van der Waals surface area contributed by atoms with Crippen LogP contribution in [0.4, 0.5) is 5.69 Å². The van der Waals surface area contributed by atoms with E-state index in [0.717, 1.165) is 0 Å². The summed E-state index contributed by atoms with van der Waals surface area (Å²) in [4.78, 5) is 13.2. The van der Waals surface area contributed by atoms with Crippen LogP contribution in [0.3, 0.4) is 0 Å². The van der Waals surface area contributed by atoms with Crippen molar-refractivity contribution in [2.75, 3.05) is 19.3 Å². The molecule has 1 atom stereocenters. The number of nitrogen functional groups attached to an aromatic ring is 1. The van der Waals surface area contributed by atoms with Gasteiger partial charge in [-0.05, 0) is 6.92 Å². The molecule has 0 spiro atoms. The Labute approximate surface area is 88.3 Å². The van der Waals surface area contributed by atoms with Crippen LogP contribution in [-0.4, -0.2) is 45.4 Å². The summed E-state index contributed by atoms with van der Waals surface area (Å²) in [5.74, 6) is -0.283. The number of amides is 1. The highest BCUT2D eigenvalue weighted by atomic mass is 16.3. The van der Waals surface area contributed by atoms with E-state index in [-0.39, 0.29) is 18.1 Å². The molecule has 0 aromatic carbocycles. The van der Waals surface area contributed by atoms with Gasteiger partial charge >= 0.3 is 0 Å². The number of rotatable bonds is 3. The summed E-state index contributed by atoms with van der Waals surface area (Å²) in [5, 5.41) is 13.1. The molecule has 0 radical (unpaired) electrons. The smallest absolute Gasteiger partial charge is 0.276 e. The molecule has 1 rings (SSSR count). The Bertz CT molecular complexity index is 359. The number of anilines is 1. The van der Waals surface area contributed by atoms with Crippen LogP contribution in [0.1, 0.15) is 17.4 Å². The van der Waals surface area contributed by atoms with Gasteiger partial charge in [-0.2, -0.15) is 5.10 Å². The van der Waals surface area contributed by atoms with Crippen molar-refractivity contribution in [1.29, 1.82) is 0 Å². The molecule has 1 aromatic heterocycles. The van der Waals surface area contributed by atoms with Gasteiger partial charge in [0.2, 0.25) is 0 Å². The zero-order chi connectivity index (χ0) is 11.6. The maximum atomic E-state index is 11.8. The summed E-state index contributed by atoms with van der Waals surface area (Å²) in [6, 6.07) is 0. The molecule has 1 unspecified atom stereocenters. The number of nitrogens with two attached hydrogens (primary N) is 1. The van der Waals surface area contributed by atoms with Crippen molar-refractivity contribution in [2.45, 2.75) is 13.0 Å². The van der Waals surface area contributed by atoms with Gasteiger partial charge in [-0.15, -0.1) is 0 Å². The van der Waals surface area contributed by atoms with Gasteiger partial charge in [-0.25, -0.2) is 0 Å². The van der Waals surface area contributed by atoms with E-state index in [0.29, 0.717) is 5.69 Å². The number of aromatic nitrogens is 2. The van der Waals surface area contributed by atoms with Gasteiger partial charge in [-0.1, -0.05) is 0 Å². The van der Waals surface area contributed by atoms with Crippen LogP contribution >= 0.6 is 0 Å². The molecule has 3 N–H and O–H groups in total. The largest absolute Gasteiger partial charge is 0.396 e. The van der Waals surface area contributed by atoms with Gasteiger partial charge in [-0.3, -0.25) is 9.48 Å². The summed E-state index contributed by atoms with van der Waals surface area (Å²) < 4.78 is 1.48. The third kappa shape index (κ3) is 2.69. The number of aryl methyl sites for hydroxylation is 1. The summed E-state index contributed by atoms with van der Waals surface area (Å²) in [6.07, 6.45) is 1.01. The van der Waals surface area contributed by atoms with Crippen molar-refractivity contribution >= 4 is 11.6 Å². The van der Waals surface area contributed by atoms with E-state index in [9.17, 15) is 4.79 Å². The van der Waals surface area contributed by atoms with Crippen molar-refractivity contribution in [3.05, 3.63) is 11.9 Å². The van der Waals surface area contributed by atoms with Crippen LogP contribution in [0.15, 0.2) is 6.20 Å². The molecular weight excluding hydrogens is 196 g/mol. The summed E-state index contributed by atoms with van der Waals surface area (Å²) >= 11 is 0. The monoisotopic (exact) mass is 212 g/mol. The topological polar surface area (TPSA) is 84.4 Å². The minimum Gasteiger partial charge on any atom is -0.396 e. The fraction of sp³-hybridized carbons (Fsp3) is 0.556. The molecular formula is C9H16N4O2. The maximum absolute atomic E-state index is 11.8. The molecule has 0 saturated heterocycles. The van der Waals surface area contributed by atoms with Crippen LogP contribution in [0.25, 0.3) is 0 Å². The Morgan fingerprint density at radius 1 is 1.80 bits per heavy atom. The first-order valence-electron chi connectivity index (χ1n) is 4.64. The normalized spacial score (nSPS) is 12.5. The summed E-state index contributed by atoms with van der Waals surface area (Å²) in [6.45, 7) is 1.88. The second-order valence-corrected chi connectivity index (χ2v) is 3.64. The van der Waals surface area contributed by atoms with Gasteiger partial charge in [0.05, 0.1) is 11.8 Å². The van der Waals surface area contributed by atoms with Gasteiger partial charge in [0.1, 0.15) is 0 Å². The number of aliphatic hydroxyl groups is 1. The number of nitrogens with zero attached hydrogens (tertiary/aromatic N) is 3. The Hall–Kier alpha value is -1.56. The van der Waals surface area contributed by atoms with Gasteiger partial charge in [0.15, 0.2) is 5.69 Å². The van der Waals surface area contributed by atoms with Crippen molar-refractivity contribution in [3.8, 4) is 0 Å². The Balaban J connectivity index is 2.80. The minimum atomic E-state index is -0.566. The van der Waals surface area contributed by atoms with Crippen LogP contribution in [-0.2, 0) is 7.05 Å². The van der Waals surface area contributed by atoms with E-state index < -0.39 is 6.10 Å². The highest BCUT2D eigenvalue weighted by molar-refractivity contribution is 5.96. The number of aliphatic hydroxyl groups excluding tert-OH is 1. The number of carbonyl (C=O) groups excluding carboxylic acids is 1. The lowest BCUT2D eigenvalue weighted by Crippen LogP contribution is -2.33. The third-order valence-corrected chi connectivity index (χ3v) is 1.94. The molecule has 0 aliphatic carbocycles. The molecule has 0 bridgehead atoms. The standard InChI is InChI=1S/C9H16N4O2/c1-6(14)4-12(2)9(15)8-7(10)5-13(3)11-8/h5-6,14H,4,10H2,1-3H3. The van der Waals surface area contributed by atoms with E-state index >= 15 is 0 Å². The lowest BCUT2D eigenvalue weighted by Gasteiger charge is -2.17. The first-order valence-corrected chi connectivity index (χ1v) is 4.64. The van der Waals surface area contributed by atoms with Crippen LogP contribution in [0.5, 0.6) is 0 Å². The zero-order valence-corrected chi connectivity index (χ0v) is 9.14. The number of likely N-dealkylation sites (N-methyl/N-ethyl adjacent to an activating group) is 1. The molecule has 1 aromatic rings. The van der Waals surface area contributed by atoms with Crippen LogP contribution in [0, 0.1) is 0 Å². The molecule has 84 valence electrons. The van der Waals surface area contributed by atoms with E-state index in [1.165, 1.54) is 9.58 Å². The Morgan fingerprint density at radius 3 is 2.80 bits per heavy atom. The maximum Gasteiger partial charge on any atom is 0.276 e. The molecule has 15 heavy (non-hydrogen) atoms. The number of hydrogen-bond acceptors (Lipinski definition) is 4. The molecule has 0 fully saturated rings. The predicted molar refractivity (Wildman–Crippen MR) is 56.3 cm³/mol. The second-order valence-electron chi connectivity index (χ2n) is 3.64. The molecule has 0 saturated carbocycles. The lowest BCUT2D eigenvalue weighted by atomic mass is 10.3. The average molecular weight is 212 g/mol. The third-order valence-electron chi connectivity index (χ3n) is 1.94. The molecule has 1 heterocycles. The quantitative estimate of drug-likeness (QED) is 0.704. The van der Waals surface area contributed by atoms with E-state index in [1.54, 1.807) is 27.2 Å². The van der Waals surface area contributed by atoms with Gasteiger partial charge in [0, 0.05) is 26.8 Å². The van der Waals surface area contributed by atoms with E-state index in [1.807, 2.05) is 0 Å². The molecule has 0 aliphatic rings. The van der Waals surface area contributed by atoms with Crippen molar-refractivity contribution in [3.63, 3.8) is 0 Å². The Morgan fingerprint density at radius 2 is 2.40 bits per heavy atom. The summed E-state index contributed by atoms with van der Waals surface area (Å²) in [7, 11) is 3.30. The lowest BCUT2D eigenvalue weighted by molar-refractivity contribution is 0.0698. The average Bonchev–Trinajstić information content (AvgIpc) is 2.42. The van der Waals surface area contributed by atoms with Crippen LogP contribution < -0.4 is 5.73 Å². The fourth-order valence-corrected chi connectivity index (χ4v) is 1.33. The number of hydrogen-bond donors (Lipinski definition) is 2. The van der Waals surface area contributed by atoms with Crippen molar-refractivity contribution in [2.24, 2.45) is 7.05 Å². The highest BCUT2D eigenvalue weighted by Gasteiger charge is 2.18. The SMILES string of the molecule is CC(O)CN(C)C(=O)c1nn(C)cc1N. The van der Waals surface area contributed by atoms with Crippen molar-refractivity contribution < 1.29 is 9.90 Å². The Kier molecular flexibility index (Phi) is 3.31. The van der Waals surface area contributed by atoms with Crippen molar-refractivity contribution in [1.82, 2.24) is 14.7 Å². The summed E-state index contributed by atoms with van der Waals surface area (Å²) in [5.41, 5.74) is 6.19. The zero-order valence-electron chi connectivity index (χ0n) is 9.14. The first-order chi connectivity index (χ1) is 6.91. The van der Waals surface area contributed by atoms with Gasteiger partial charge < -0.3 is 15.7 Å². The van der Waals surface area contributed by atoms with E-state index in [2.05, 4.69) is 5.10 Å². The fourth-order valence-electron chi connectivity index (χ4n) is 1.33. The minimum absolute atomic E-state index is 0.223. The molecule has 0 aliphatic heterocycles. The highest BCUT2D eigenvalue weighted by Crippen LogP contribution is 2.10. The predicted octanol–water partition coefficient (Wildman–Crippen LogP) is -0.545. The van der Waals surface area contributed by atoms with E-state index in [4.69, 9.17) is 10.8 Å². The number of carbonyl (C=O) groups is 1. The molecule has 6 nitrogen and oxygen atoms in total. The first kappa shape index (κ1) is 11.5. The second kappa shape index (κ2) is 4.31. The van der Waals surface area contributed by atoms with Gasteiger partial charge in [0.25, 0.3) is 5.91 Å². The van der Waals surface area contributed by atoms with Crippen LogP contribution in [0.2, 0.25) is 0 Å². The molecule has 6 heteroatoms.